The average Bonchev–Trinajstić information content (AvgIpc) is 3.27. The van der Waals surface area contributed by atoms with Gasteiger partial charge in [-0.25, -0.2) is 9.78 Å². The molecule has 1 aliphatic rings. The van der Waals surface area contributed by atoms with E-state index >= 15 is 0 Å². The lowest BCUT2D eigenvalue weighted by Crippen LogP contribution is -2.40. The number of nitrogens with zero attached hydrogens (tertiary/aromatic N) is 3. The number of carbonyl (C=O) groups excluding carboxylic acids is 1. The fraction of sp³-hybridized carbons (Fsp3) is 0.391. The number of carbonyl (C=O) groups is 1. The van der Waals surface area contributed by atoms with Crippen LogP contribution in [0.3, 0.4) is 0 Å². The zero-order valence-electron chi connectivity index (χ0n) is 17.9. The van der Waals surface area contributed by atoms with E-state index in [2.05, 4.69) is 14.8 Å². The highest BCUT2D eigenvalue weighted by Crippen LogP contribution is 2.31. The fourth-order valence-electron chi connectivity index (χ4n) is 3.84. The topological polar surface area (TPSA) is 59.4 Å². The Kier molecular flexibility index (Phi) is 6.04. The second kappa shape index (κ2) is 8.60. The van der Waals surface area contributed by atoms with E-state index in [0.717, 1.165) is 35.5 Å². The van der Waals surface area contributed by atoms with E-state index in [9.17, 15) is 4.79 Å². The maximum atomic E-state index is 12.2. The van der Waals surface area contributed by atoms with Crippen molar-refractivity contribution in [3.8, 4) is 0 Å². The summed E-state index contributed by atoms with van der Waals surface area (Å²) < 4.78 is 7.54. The molecule has 1 atom stereocenters. The molecule has 0 bridgehead atoms. The van der Waals surface area contributed by atoms with Gasteiger partial charge in [0.2, 0.25) is 5.95 Å². The van der Waals surface area contributed by atoms with Gasteiger partial charge in [-0.3, -0.25) is 0 Å². The molecule has 2 aromatic carbocycles. The zero-order valence-corrected chi connectivity index (χ0v) is 19.4. The molecule has 1 fully saturated rings. The maximum absolute atomic E-state index is 12.2. The van der Waals surface area contributed by atoms with Crippen molar-refractivity contribution < 1.29 is 9.53 Å². The zero-order chi connectivity index (χ0) is 22.2. The van der Waals surface area contributed by atoms with Crippen molar-refractivity contribution in [1.29, 1.82) is 0 Å². The summed E-state index contributed by atoms with van der Waals surface area (Å²) in [6, 6.07) is 13.5. The maximum Gasteiger partial charge on any atom is 0.407 e. The average molecular weight is 461 g/mol. The first kappa shape index (κ1) is 21.8. The number of hydrogen-bond acceptors (Lipinski definition) is 4. The molecule has 31 heavy (non-hydrogen) atoms. The number of fused-ring (bicyclic) bond motifs is 1. The van der Waals surface area contributed by atoms with E-state index in [-0.39, 0.29) is 6.04 Å². The summed E-state index contributed by atoms with van der Waals surface area (Å²) in [6.45, 7) is 7.51. The third kappa shape index (κ3) is 4.91. The van der Waals surface area contributed by atoms with Gasteiger partial charge in [0.15, 0.2) is 0 Å². The summed E-state index contributed by atoms with van der Waals surface area (Å²) in [7, 11) is 0. The molecular formula is C23H26Cl2N4O2. The van der Waals surface area contributed by atoms with E-state index in [1.54, 1.807) is 0 Å². The lowest BCUT2D eigenvalue weighted by atomic mass is 10.2. The van der Waals surface area contributed by atoms with Gasteiger partial charge in [0.05, 0.1) is 23.6 Å². The van der Waals surface area contributed by atoms with Crippen molar-refractivity contribution in [2.24, 2.45) is 0 Å². The lowest BCUT2D eigenvalue weighted by molar-refractivity contribution is 0.0509. The minimum Gasteiger partial charge on any atom is -0.444 e. The Balaban J connectivity index is 1.60. The number of benzene rings is 2. The van der Waals surface area contributed by atoms with Crippen LogP contribution in [0.25, 0.3) is 11.0 Å². The molecule has 0 saturated carbocycles. The highest BCUT2D eigenvalue weighted by Gasteiger charge is 2.29. The molecule has 1 amide bonds. The van der Waals surface area contributed by atoms with E-state index in [4.69, 9.17) is 32.9 Å². The summed E-state index contributed by atoms with van der Waals surface area (Å²) >= 11 is 12.9. The molecule has 1 unspecified atom stereocenters. The molecule has 1 saturated heterocycles. The number of halogens is 2. The lowest BCUT2D eigenvalue weighted by Gasteiger charge is -2.22. The summed E-state index contributed by atoms with van der Waals surface area (Å²) in [5, 5.41) is 4.23. The van der Waals surface area contributed by atoms with Crippen LogP contribution in [0.5, 0.6) is 0 Å². The van der Waals surface area contributed by atoms with Crippen LogP contribution < -0.4 is 10.2 Å². The number of nitrogens with one attached hydrogen (secondary N) is 1. The predicted molar refractivity (Wildman–Crippen MR) is 125 cm³/mol. The van der Waals surface area contributed by atoms with Crippen LogP contribution in [0.2, 0.25) is 10.0 Å². The van der Waals surface area contributed by atoms with Crippen molar-refractivity contribution in [3.05, 3.63) is 58.1 Å². The minimum absolute atomic E-state index is 0.00739. The van der Waals surface area contributed by atoms with E-state index in [0.29, 0.717) is 23.1 Å². The minimum atomic E-state index is -0.523. The van der Waals surface area contributed by atoms with Crippen LogP contribution in [-0.2, 0) is 11.3 Å². The highest BCUT2D eigenvalue weighted by molar-refractivity contribution is 6.36. The van der Waals surface area contributed by atoms with E-state index < -0.39 is 11.7 Å². The number of rotatable bonds is 4. The monoisotopic (exact) mass is 460 g/mol. The number of para-hydroxylation sites is 2. The molecule has 164 valence electrons. The van der Waals surface area contributed by atoms with Gasteiger partial charge in [0.25, 0.3) is 0 Å². The van der Waals surface area contributed by atoms with Crippen LogP contribution in [0.15, 0.2) is 42.5 Å². The molecule has 6 nitrogen and oxygen atoms in total. The van der Waals surface area contributed by atoms with Crippen LogP contribution in [0, 0.1) is 0 Å². The van der Waals surface area contributed by atoms with Gasteiger partial charge in [-0.2, -0.15) is 0 Å². The van der Waals surface area contributed by atoms with Crippen molar-refractivity contribution >= 4 is 46.3 Å². The van der Waals surface area contributed by atoms with E-state index in [1.807, 2.05) is 63.2 Å². The molecule has 3 aromatic rings. The number of hydrogen-bond donors (Lipinski definition) is 1. The van der Waals surface area contributed by atoms with Crippen LogP contribution in [0.4, 0.5) is 10.7 Å². The Bertz CT molecular complexity index is 1090. The smallest absolute Gasteiger partial charge is 0.407 e. The van der Waals surface area contributed by atoms with Gasteiger partial charge in [-0.15, -0.1) is 0 Å². The molecule has 1 aromatic heterocycles. The Morgan fingerprint density at radius 2 is 1.87 bits per heavy atom. The predicted octanol–water partition coefficient (Wildman–Crippen LogP) is 5.49. The number of imidazole rings is 1. The molecule has 0 spiro atoms. The Morgan fingerprint density at radius 3 is 2.58 bits per heavy atom. The largest absolute Gasteiger partial charge is 0.444 e. The molecule has 0 radical (unpaired) electrons. The van der Waals surface area contributed by atoms with Gasteiger partial charge in [0, 0.05) is 28.7 Å². The second-order valence-electron chi connectivity index (χ2n) is 8.76. The van der Waals surface area contributed by atoms with Crippen molar-refractivity contribution in [1.82, 2.24) is 14.9 Å². The normalized spacial score (nSPS) is 16.7. The van der Waals surface area contributed by atoms with Crippen molar-refractivity contribution in [2.45, 2.75) is 45.4 Å². The van der Waals surface area contributed by atoms with Gasteiger partial charge >= 0.3 is 6.09 Å². The summed E-state index contributed by atoms with van der Waals surface area (Å²) in [5.74, 6) is 0.839. The van der Waals surface area contributed by atoms with Gasteiger partial charge < -0.3 is 19.5 Å². The molecular weight excluding hydrogens is 435 g/mol. The summed E-state index contributed by atoms with van der Waals surface area (Å²) in [5.41, 5.74) is 2.25. The third-order valence-corrected chi connectivity index (χ3v) is 5.91. The quantitative estimate of drug-likeness (QED) is 0.558. The fourth-order valence-corrected chi connectivity index (χ4v) is 4.35. The number of anilines is 1. The molecule has 2 heterocycles. The number of aromatic nitrogens is 2. The van der Waals surface area contributed by atoms with Crippen LogP contribution in [0.1, 0.15) is 32.8 Å². The Labute approximate surface area is 192 Å². The van der Waals surface area contributed by atoms with Gasteiger partial charge in [-0.05, 0) is 51.5 Å². The Hall–Kier alpha value is -2.44. The standard InChI is InChI=1S/C23H26Cl2N4O2/c1-23(2,3)31-22(30)26-15-11-12-28(13-15)21-27-19-9-4-5-10-20(19)29(21)14-16-17(24)7-6-8-18(16)25/h4-10,15H,11-14H2,1-3H3,(H,26,30). The second-order valence-corrected chi connectivity index (χ2v) is 9.58. The first-order valence-corrected chi connectivity index (χ1v) is 11.1. The number of alkyl carbamates (subject to hydrolysis) is 1. The molecule has 8 heteroatoms. The third-order valence-electron chi connectivity index (χ3n) is 5.20. The van der Waals surface area contributed by atoms with Gasteiger partial charge in [-0.1, -0.05) is 41.4 Å². The van der Waals surface area contributed by atoms with Crippen LogP contribution >= 0.6 is 23.2 Å². The summed E-state index contributed by atoms with van der Waals surface area (Å²) in [6.07, 6.45) is 0.422. The highest BCUT2D eigenvalue weighted by atomic mass is 35.5. The van der Waals surface area contributed by atoms with Gasteiger partial charge in [0.1, 0.15) is 5.60 Å². The molecule has 1 aliphatic heterocycles. The first-order chi connectivity index (χ1) is 14.7. The Morgan fingerprint density at radius 1 is 1.16 bits per heavy atom. The number of ether oxygens (including phenoxy) is 1. The van der Waals surface area contributed by atoms with Crippen molar-refractivity contribution in [3.63, 3.8) is 0 Å². The van der Waals surface area contributed by atoms with Crippen LogP contribution in [-0.4, -0.2) is 40.4 Å². The van der Waals surface area contributed by atoms with Crippen molar-refractivity contribution in [2.75, 3.05) is 18.0 Å². The van der Waals surface area contributed by atoms with E-state index in [1.165, 1.54) is 0 Å². The molecule has 4 rings (SSSR count). The molecule has 1 N–H and O–H groups in total. The first-order valence-electron chi connectivity index (χ1n) is 10.3. The number of amides is 1. The molecule has 0 aliphatic carbocycles. The summed E-state index contributed by atoms with van der Waals surface area (Å²) in [4.78, 5) is 19.2. The SMILES string of the molecule is CC(C)(C)OC(=O)NC1CCN(c2nc3ccccc3n2Cc2c(Cl)cccc2Cl)C1.